The van der Waals surface area contributed by atoms with Gasteiger partial charge >= 0.3 is 12.3 Å². The number of carbonyl (C=O) groups excluding carboxylic acids is 2. The third kappa shape index (κ3) is 8.54. The molecule has 0 spiro atoms. The molecule has 1 aromatic carbocycles. The minimum atomic E-state index is -4.55. The van der Waals surface area contributed by atoms with Crippen molar-refractivity contribution in [1.82, 2.24) is 19.2 Å². The molecule has 0 radical (unpaired) electrons. The molecule has 262 valence electrons. The average molecular weight is 706 g/mol. The Kier molecular flexibility index (Phi) is 10.0. The minimum absolute atomic E-state index is 0.0849. The molecular formula is C33H35F4N5O6S. The number of amides is 2. The first-order valence-electron chi connectivity index (χ1n) is 15.3. The van der Waals surface area contributed by atoms with E-state index in [4.69, 9.17) is 9.15 Å². The van der Waals surface area contributed by atoms with E-state index in [-0.39, 0.29) is 34.9 Å². The van der Waals surface area contributed by atoms with Crippen LogP contribution in [0, 0.1) is 11.7 Å². The summed E-state index contributed by atoms with van der Waals surface area (Å²) in [4.78, 5) is 37.0. The first kappa shape index (κ1) is 35.7. The summed E-state index contributed by atoms with van der Waals surface area (Å²) >= 11 is 0. The van der Waals surface area contributed by atoms with E-state index >= 15 is 0 Å². The Labute approximate surface area is 280 Å². The van der Waals surface area contributed by atoms with Gasteiger partial charge in [0.1, 0.15) is 22.8 Å². The van der Waals surface area contributed by atoms with Crippen LogP contribution in [0.3, 0.4) is 0 Å². The van der Waals surface area contributed by atoms with Gasteiger partial charge in [-0.05, 0) is 82.0 Å². The van der Waals surface area contributed by atoms with Gasteiger partial charge in [-0.2, -0.15) is 17.5 Å². The lowest BCUT2D eigenvalue weighted by Crippen LogP contribution is -2.47. The molecule has 49 heavy (non-hydrogen) atoms. The average Bonchev–Trinajstić information content (AvgIpc) is 3.47. The van der Waals surface area contributed by atoms with E-state index in [2.05, 4.69) is 9.97 Å². The molecule has 1 fully saturated rings. The van der Waals surface area contributed by atoms with E-state index in [9.17, 15) is 35.6 Å². The molecular weight excluding hydrogens is 670 g/mol. The molecule has 0 saturated carbocycles. The van der Waals surface area contributed by atoms with E-state index in [1.165, 1.54) is 43.6 Å². The fourth-order valence-corrected chi connectivity index (χ4v) is 6.70. The van der Waals surface area contributed by atoms with Gasteiger partial charge < -0.3 is 14.1 Å². The van der Waals surface area contributed by atoms with Crippen LogP contribution in [-0.4, -0.2) is 78.4 Å². The number of ether oxygens (including phenoxy) is 1. The maximum atomic E-state index is 14.0. The first-order chi connectivity index (χ1) is 22.9. The van der Waals surface area contributed by atoms with Crippen LogP contribution in [0.1, 0.15) is 39.2 Å². The Morgan fingerprint density at radius 3 is 2.37 bits per heavy atom. The maximum Gasteiger partial charge on any atom is 0.417 e. The van der Waals surface area contributed by atoms with Crippen molar-refractivity contribution in [3.63, 3.8) is 0 Å². The lowest BCUT2D eigenvalue weighted by Gasteiger charge is -2.35. The maximum absolute atomic E-state index is 14.0. The topological polar surface area (TPSA) is 126 Å². The minimum Gasteiger partial charge on any atom is -0.444 e. The molecule has 5 rings (SSSR count). The number of alkyl halides is 3. The summed E-state index contributed by atoms with van der Waals surface area (Å²) in [5.41, 5.74) is -0.852. The largest absolute Gasteiger partial charge is 0.444 e. The standard InChI is InChI=1S/C33H35F4N5O6S/c1-32(2,3)48-31(44)41-13-10-21(11-14-41)19-42(49(45,46)30-17-23-15-25(34)6-8-27(23)47-30)20-29(43)40(4)28-16-22(9-12-38-28)26-7-5-24(18-39-26)33(35,36)37/h5-9,12,15-18,21H,10-11,13-14,19-20H2,1-4H3. The zero-order chi connectivity index (χ0) is 35.7. The molecule has 4 heterocycles. The highest BCUT2D eigenvalue weighted by molar-refractivity contribution is 7.89. The van der Waals surface area contributed by atoms with Crippen molar-refractivity contribution >= 4 is 38.8 Å². The predicted octanol–water partition coefficient (Wildman–Crippen LogP) is 6.35. The number of aromatic nitrogens is 2. The number of likely N-dealkylation sites (N-methyl/N-ethyl adjacent to an activating group) is 1. The lowest BCUT2D eigenvalue weighted by atomic mass is 9.97. The van der Waals surface area contributed by atoms with Crippen molar-refractivity contribution in [1.29, 1.82) is 0 Å². The number of anilines is 1. The molecule has 0 bridgehead atoms. The Hall–Kier alpha value is -4.57. The number of hydrogen-bond donors (Lipinski definition) is 0. The molecule has 0 atom stereocenters. The molecule has 0 N–H and O–H groups in total. The van der Waals surface area contributed by atoms with Crippen LogP contribution in [0.2, 0.25) is 0 Å². The van der Waals surface area contributed by atoms with Crippen LogP contribution in [-0.2, 0) is 25.7 Å². The van der Waals surface area contributed by atoms with Crippen LogP contribution >= 0.6 is 0 Å². The second kappa shape index (κ2) is 13.7. The summed E-state index contributed by atoms with van der Waals surface area (Å²) in [6.45, 7) is 5.22. The van der Waals surface area contributed by atoms with E-state index in [0.29, 0.717) is 37.7 Å². The SMILES string of the molecule is CN(C(=O)CN(CC1CCN(C(=O)OC(C)(C)C)CC1)S(=O)(=O)c1cc2cc(F)ccc2o1)c1cc(-c2ccc(C(F)(F)F)cn2)ccn1. The molecule has 1 saturated heterocycles. The number of pyridine rings is 2. The van der Waals surface area contributed by atoms with Crippen LogP contribution in [0.15, 0.2) is 70.4 Å². The van der Waals surface area contributed by atoms with Gasteiger partial charge in [-0.25, -0.2) is 22.6 Å². The summed E-state index contributed by atoms with van der Waals surface area (Å²) < 4.78 is 93.0. The molecule has 2 amide bonds. The van der Waals surface area contributed by atoms with E-state index in [1.54, 1.807) is 25.7 Å². The third-order valence-electron chi connectivity index (χ3n) is 7.94. The fraction of sp³-hybridized carbons (Fsp3) is 0.394. The molecule has 1 aliphatic heterocycles. The number of carbonyl (C=O) groups is 2. The zero-order valence-electron chi connectivity index (χ0n) is 27.2. The normalized spacial score (nSPS) is 14.8. The fourth-order valence-electron chi connectivity index (χ4n) is 5.28. The van der Waals surface area contributed by atoms with Gasteiger partial charge in [0, 0.05) is 56.1 Å². The van der Waals surface area contributed by atoms with Crippen molar-refractivity contribution in [2.75, 3.05) is 38.1 Å². The van der Waals surface area contributed by atoms with Gasteiger partial charge in [-0.1, -0.05) is 0 Å². The highest BCUT2D eigenvalue weighted by Gasteiger charge is 2.35. The van der Waals surface area contributed by atoms with Crippen molar-refractivity contribution in [2.24, 2.45) is 5.92 Å². The number of piperidine rings is 1. The van der Waals surface area contributed by atoms with Gasteiger partial charge in [-0.15, -0.1) is 0 Å². The molecule has 0 unspecified atom stereocenters. The van der Waals surface area contributed by atoms with Crippen LogP contribution in [0.4, 0.5) is 28.2 Å². The highest BCUT2D eigenvalue weighted by Crippen LogP contribution is 2.31. The number of likely N-dealkylation sites (tertiary alicyclic amines) is 1. The van der Waals surface area contributed by atoms with Crippen molar-refractivity contribution < 1.29 is 44.7 Å². The van der Waals surface area contributed by atoms with Gasteiger partial charge in [0.15, 0.2) is 0 Å². The van der Waals surface area contributed by atoms with E-state index in [0.717, 1.165) is 27.4 Å². The first-order valence-corrected chi connectivity index (χ1v) is 16.8. The Morgan fingerprint density at radius 1 is 1.02 bits per heavy atom. The highest BCUT2D eigenvalue weighted by atomic mass is 32.2. The summed E-state index contributed by atoms with van der Waals surface area (Å²) in [6, 6.07) is 9.84. The molecule has 1 aliphatic rings. The van der Waals surface area contributed by atoms with Gasteiger partial charge in [0.05, 0.1) is 17.8 Å². The van der Waals surface area contributed by atoms with E-state index < -0.39 is 56.8 Å². The van der Waals surface area contributed by atoms with Crippen LogP contribution in [0.5, 0.6) is 0 Å². The summed E-state index contributed by atoms with van der Waals surface area (Å²) in [5.74, 6) is -1.38. The van der Waals surface area contributed by atoms with Crippen molar-refractivity contribution in [3.8, 4) is 11.3 Å². The Balaban J connectivity index is 1.37. The van der Waals surface area contributed by atoms with Crippen LogP contribution < -0.4 is 4.90 Å². The van der Waals surface area contributed by atoms with Gasteiger partial charge in [0.25, 0.3) is 10.0 Å². The number of benzene rings is 1. The molecule has 4 aromatic rings. The monoisotopic (exact) mass is 705 g/mol. The predicted molar refractivity (Wildman–Crippen MR) is 171 cm³/mol. The summed E-state index contributed by atoms with van der Waals surface area (Å²) in [7, 11) is -3.05. The molecule has 3 aromatic heterocycles. The van der Waals surface area contributed by atoms with E-state index in [1.807, 2.05) is 0 Å². The molecule has 16 heteroatoms. The number of sulfonamides is 1. The van der Waals surface area contributed by atoms with Gasteiger partial charge in [0.2, 0.25) is 11.0 Å². The number of halogens is 4. The second-order valence-corrected chi connectivity index (χ2v) is 14.6. The second-order valence-electron chi connectivity index (χ2n) is 12.7. The number of nitrogens with zero attached hydrogens (tertiary/aromatic N) is 5. The number of hydrogen-bond acceptors (Lipinski definition) is 8. The number of furan rings is 1. The Morgan fingerprint density at radius 2 is 1.73 bits per heavy atom. The van der Waals surface area contributed by atoms with Crippen molar-refractivity contribution in [2.45, 2.75) is 50.5 Å². The number of rotatable bonds is 8. The van der Waals surface area contributed by atoms with Crippen molar-refractivity contribution in [3.05, 3.63) is 72.3 Å². The van der Waals surface area contributed by atoms with Crippen LogP contribution in [0.25, 0.3) is 22.2 Å². The lowest BCUT2D eigenvalue weighted by molar-refractivity contribution is -0.137. The molecule has 0 aliphatic carbocycles. The zero-order valence-corrected chi connectivity index (χ0v) is 28.0. The summed E-state index contributed by atoms with van der Waals surface area (Å²) in [5, 5.41) is -0.242. The molecule has 11 nitrogen and oxygen atoms in total. The third-order valence-corrected chi connectivity index (χ3v) is 9.61. The quantitative estimate of drug-likeness (QED) is 0.194. The van der Waals surface area contributed by atoms with Gasteiger partial charge in [-0.3, -0.25) is 14.7 Å². The smallest absolute Gasteiger partial charge is 0.417 e. The Bertz CT molecular complexity index is 1940. The summed E-state index contributed by atoms with van der Waals surface area (Å²) in [6.07, 6.45) is -2.09. The number of fused-ring (bicyclic) bond motifs is 1.